The highest BCUT2D eigenvalue weighted by molar-refractivity contribution is 5.73. The van der Waals surface area contributed by atoms with E-state index in [1.807, 2.05) is 20.8 Å². The minimum atomic E-state index is -0.0775. The predicted octanol–water partition coefficient (Wildman–Crippen LogP) is 4.29. The van der Waals surface area contributed by atoms with E-state index >= 15 is 0 Å². The SMILES string of the molecule is CC(=O)NC(C)(C)C.CCCCCCCC. The average Bonchev–Trinajstić information content (AvgIpc) is 2.09. The molecule has 0 aromatic heterocycles. The van der Waals surface area contributed by atoms with Gasteiger partial charge in [0.15, 0.2) is 0 Å². The maximum atomic E-state index is 10.3. The molecular weight excluding hydrogens is 198 g/mol. The highest BCUT2D eigenvalue weighted by atomic mass is 16.1. The van der Waals surface area contributed by atoms with Gasteiger partial charge in [0, 0.05) is 12.5 Å². The molecule has 2 heteroatoms. The molecule has 0 radical (unpaired) electrons. The highest BCUT2D eigenvalue weighted by Crippen LogP contribution is 2.03. The lowest BCUT2D eigenvalue weighted by Gasteiger charge is -2.18. The molecular formula is C14H31NO. The molecule has 0 aliphatic rings. The standard InChI is InChI=1S/C8H18.C6H13NO/c1-3-5-7-8-6-4-2;1-5(8)7-6(2,3)4/h3-8H2,1-2H3;1-4H3,(H,7,8). The quantitative estimate of drug-likeness (QED) is 0.700. The number of hydrogen-bond acceptors (Lipinski definition) is 1. The highest BCUT2D eigenvalue weighted by Gasteiger charge is 2.08. The van der Waals surface area contributed by atoms with Gasteiger partial charge in [-0.1, -0.05) is 52.4 Å². The predicted molar refractivity (Wildman–Crippen MR) is 72.6 cm³/mol. The van der Waals surface area contributed by atoms with Crippen molar-refractivity contribution in [3.8, 4) is 0 Å². The molecule has 0 saturated heterocycles. The Morgan fingerprint density at radius 1 is 0.938 bits per heavy atom. The van der Waals surface area contributed by atoms with E-state index in [4.69, 9.17) is 0 Å². The van der Waals surface area contributed by atoms with Crippen LogP contribution in [-0.2, 0) is 4.79 Å². The number of unbranched alkanes of at least 4 members (excludes halogenated alkanes) is 5. The minimum Gasteiger partial charge on any atom is -0.352 e. The molecule has 2 nitrogen and oxygen atoms in total. The summed E-state index contributed by atoms with van der Waals surface area (Å²) in [6, 6.07) is 0. The maximum Gasteiger partial charge on any atom is 0.217 e. The van der Waals surface area contributed by atoms with Crippen molar-refractivity contribution < 1.29 is 4.79 Å². The van der Waals surface area contributed by atoms with Crippen molar-refractivity contribution in [2.75, 3.05) is 0 Å². The van der Waals surface area contributed by atoms with E-state index < -0.39 is 0 Å². The molecule has 0 atom stereocenters. The fourth-order valence-corrected chi connectivity index (χ4v) is 1.38. The van der Waals surface area contributed by atoms with Gasteiger partial charge in [0.1, 0.15) is 0 Å². The van der Waals surface area contributed by atoms with Crippen LogP contribution in [-0.4, -0.2) is 11.4 Å². The van der Waals surface area contributed by atoms with Gasteiger partial charge < -0.3 is 5.32 Å². The Bertz CT molecular complexity index is 153. The van der Waals surface area contributed by atoms with E-state index in [0.29, 0.717) is 0 Å². The zero-order valence-electron chi connectivity index (χ0n) is 12.2. The molecule has 0 spiro atoms. The van der Waals surface area contributed by atoms with Crippen LogP contribution in [0.5, 0.6) is 0 Å². The zero-order chi connectivity index (χ0) is 13.0. The lowest BCUT2D eigenvalue weighted by Crippen LogP contribution is -2.38. The van der Waals surface area contributed by atoms with Crippen molar-refractivity contribution in [3.63, 3.8) is 0 Å². The van der Waals surface area contributed by atoms with Crippen LogP contribution >= 0.6 is 0 Å². The molecule has 0 aliphatic heterocycles. The van der Waals surface area contributed by atoms with Gasteiger partial charge in [0.2, 0.25) is 5.91 Å². The van der Waals surface area contributed by atoms with Gasteiger partial charge in [0.25, 0.3) is 0 Å². The van der Waals surface area contributed by atoms with Crippen LogP contribution < -0.4 is 5.32 Å². The van der Waals surface area contributed by atoms with Crippen LogP contribution in [0.1, 0.15) is 80.1 Å². The summed E-state index contributed by atoms with van der Waals surface area (Å²) in [7, 11) is 0. The van der Waals surface area contributed by atoms with E-state index in [9.17, 15) is 4.79 Å². The average molecular weight is 229 g/mol. The van der Waals surface area contributed by atoms with Crippen molar-refractivity contribution in [3.05, 3.63) is 0 Å². The summed E-state index contributed by atoms with van der Waals surface area (Å²) in [5, 5.41) is 2.74. The van der Waals surface area contributed by atoms with Gasteiger partial charge >= 0.3 is 0 Å². The number of amides is 1. The molecule has 0 saturated carbocycles. The van der Waals surface area contributed by atoms with Crippen molar-refractivity contribution in [1.29, 1.82) is 0 Å². The summed E-state index contributed by atoms with van der Waals surface area (Å²) in [6.45, 7) is 11.9. The lowest BCUT2D eigenvalue weighted by atomic mass is 10.1. The van der Waals surface area contributed by atoms with Crippen molar-refractivity contribution in [1.82, 2.24) is 5.32 Å². The second-order valence-electron chi connectivity index (χ2n) is 5.35. The topological polar surface area (TPSA) is 29.1 Å². The van der Waals surface area contributed by atoms with Gasteiger partial charge in [-0.25, -0.2) is 0 Å². The van der Waals surface area contributed by atoms with E-state index in [0.717, 1.165) is 0 Å². The Hall–Kier alpha value is -0.530. The fourth-order valence-electron chi connectivity index (χ4n) is 1.38. The van der Waals surface area contributed by atoms with Crippen molar-refractivity contribution in [2.45, 2.75) is 85.6 Å². The summed E-state index contributed by atoms with van der Waals surface area (Å²) < 4.78 is 0. The molecule has 1 N–H and O–H groups in total. The number of rotatable bonds is 5. The zero-order valence-corrected chi connectivity index (χ0v) is 12.2. The number of carbonyl (C=O) groups is 1. The molecule has 0 unspecified atom stereocenters. The Labute approximate surface area is 102 Å². The fraction of sp³-hybridized carbons (Fsp3) is 0.929. The van der Waals surface area contributed by atoms with E-state index in [2.05, 4.69) is 19.2 Å². The molecule has 0 aliphatic carbocycles. The normalized spacial score (nSPS) is 10.4. The Kier molecular flexibility index (Phi) is 12.2. The molecule has 0 bridgehead atoms. The maximum absolute atomic E-state index is 10.3. The Morgan fingerprint density at radius 3 is 1.44 bits per heavy atom. The molecule has 1 amide bonds. The number of carbonyl (C=O) groups excluding carboxylic acids is 1. The summed E-state index contributed by atoms with van der Waals surface area (Å²) in [5.74, 6) is 0.0255. The summed E-state index contributed by atoms with van der Waals surface area (Å²) >= 11 is 0. The van der Waals surface area contributed by atoms with E-state index in [1.165, 1.54) is 45.4 Å². The first-order valence-electron chi connectivity index (χ1n) is 6.62. The molecule has 0 aromatic rings. The third-order valence-electron chi connectivity index (χ3n) is 2.01. The molecule has 16 heavy (non-hydrogen) atoms. The van der Waals surface area contributed by atoms with Gasteiger partial charge in [-0.05, 0) is 20.8 Å². The van der Waals surface area contributed by atoms with Crippen LogP contribution in [0.2, 0.25) is 0 Å². The van der Waals surface area contributed by atoms with Crippen LogP contribution in [0.4, 0.5) is 0 Å². The molecule has 0 fully saturated rings. The summed E-state index contributed by atoms with van der Waals surface area (Å²) in [6.07, 6.45) is 8.49. The van der Waals surface area contributed by atoms with Gasteiger partial charge in [-0.15, -0.1) is 0 Å². The molecule has 98 valence electrons. The van der Waals surface area contributed by atoms with Gasteiger partial charge in [-0.2, -0.15) is 0 Å². The second-order valence-corrected chi connectivity index (χ2v) is 5.35. The summed E-state index contributed by atoms with van der Waals surface area (Å²) in [4.78, 5) is 10.3. The van der Waals surface area contributed by atoms with Gasteiger partial charge in [-0.3, -0.25) is 4.79 Å². The van der Waals surface area contributed by atoms with Crippen molar-refractivity contribution in [2.24, 2.45) is 0 Å². The number of nitrogens with one attached hydrogen (secondary N) is 1. The number of hydrogen-bond donors (Lipinski definition) is 1. The van der Waals surface area contributed by atoms with E-state index in [1.54, 1.807) is 0 Å². The first-order valence-corrected chi connectivity index (χ1v) is 6.62. The van der Waals surface area contributed by atoms with Crippen LogP contribution in [0.3, 0.4) is 0 Å². The molecule has 0 aromatic carbocycles. The first-order chi connectivity index (χ1) is 7.33. The molecule has 0 heterocycles. The summed E-state index contributed by atoms with van der Waals surface area (Å²) in [5.41, 5.74) is -0.0775. The Morgan fingerprint density at radius 2 is 1.31 bits per heavy atom. The molecule has 0 rings (SSSR count). The first kappa shape index (κ1) is 17.9. The third kappa shape index (κ3) is 23.4. The third-order valence-corrected chi connectivity index (χ3v) is 2.01. The Balaban J connectivity index is 0. The smallest absolute Gasteiger partial charge is 0.217 e. The van der Waals surface area contributed by atoms with Crippen molar-refractivity contribution >= 4 is 5.91 Å². The van der Waals surface area contributed by atoms with Crippen LogP contribution in [0.15, 0.2) is 0 Å². The largest absolute Gasteiger partial charge is 0.352 e. The second kappa shape index (κ2) is 11.0. The minimum absolute atomic E-state index is 0.0255. The van der Waals surface area contributed by atoms with Crippen LogP contribution in [0.25, 0.3) is 0 Å². The lowest BCUT2D eigenvalue weighted by molar-refractivity contribution is -0.120. The van der Waals surface area contributed by atoms with E-state index in [-0.39, 0.29) is 11.4 Å². The monoisotopic (exact) mass is 229 g/mol. The van der Waals surface area contributed by atoms with Crippen LogP contribution in [0, 0.1) is 0 Å². The van der Waals surface area contributed by atoms with Gasteiger partial charge in [0.05, 0.1) is 0 Å².